The van der Waals surface area contributed by atoms with Crippen molar-refractivity contribution < 1.29 is 9.90 Å². The minimum atomic E-state index is -0.750. The Bertz CT molecular complexity index is 521. The maximum atomic E-state index is 11.1. The van der Waals surface area contributed by atoms with Crippen molar-refractivity contribution in [2.75, 3.05) is 0 Å². The van der Waals surface area contributed by atoms with Crippen molar-refractivity contribution in [1.82, 2.24) is 10.2 Å². The van der Waals surface area contributed by atoms with E-state index in [-0.39, 0.29) is 6.42 Å². The number of carboxylic acid groups (broad SMARTS) is 1. The molecule has 4 aliphatic rings. The molecule has 4 nitrogen and oxygen atoms in total. The van der Waals surface area contributed by atoms with Crippen LogP contribution in [0.5, 0.6) is 0 Å². The molecule has 1 heterocycles. The van der Waals surface area contributed by atoms with E-state index in [1.165, 1.54) is 32.1 Å². The topological polar surface area (TPSA) is 66.0 Å². The van der Waals surface area contributed by atoms with Gasteiger partial charge in [0.2, 0.25) is 0 Å². The van der Waals surface area contributed by atoms with Crippen molar-refractivity contribution in [3.63, 3.8) is 0 Å². The molecule has 0 radical (unpaired) electrons. The number of hydrogen-bond acceptors (Lipinski definition) is 2. The normalized spacial score (nSPS) is 38.4. The van der Waals surface area contributed by atoms with Crippen molar-refractivity contribution in [1.29, 1.82) is 0 Å². The molecule has 2 N–H and O–H groups in total. The van der Waals surface area contributed by atoms with Gasteiger partial charge in [-0.2, -0.15) is 5.10 Å². The number of rotatable bonds is 3. The lowest BCUT2D eigenvalue weighted by molar-refractivity contribution is -0.136. The highest BCUT2D eigenvalue weighted by Gasteiger charge is 2.49. The fourth-order valence-electron chi connectivity index (χ4n) is 5.49. The first-order valence-corrected chi connectivity index (χ1v) is 7.87. The Hall–Kier alpha value is -1.32. The summed E-state index contributed by atoms with van der Waals surface area (Å²) in [5.74, 6) is 3.15. The summed E-state index contributed by atoms with van der Waals surface area (Å²) >= 11 is 0. The Balaban J connectivity index is 1.69. The van der Waals surface area contributed by atoms with E-state index >= 15 is 0 Å². The number of aryl methyl sites for hydroxylation is 1. The highest BCUT2D eigenvalue weighted by molar-refractivity contribution is 5.71. The predicted octanol–water partition coefficient (Wildman–Crippen LogP) is 2.88. The SMILES string of the molecule is Cc1[nH]nc(C2C3CC4CC(C3)CC2C4)c1CC(=O)O. The second-order valence-electron chi connectivity index (χ2n) is 7.24. The molecule has 0 atom stereocenters. The van der Waals surface area contributed by atoms with Crippen molar-refractivity contribution in [3.05, 3.63) is 17.0 Å². The first-order valence-electron chi connectivity index (χ1n) is 7.87. The van der Waals surface area contributed by atoms with Crippen molar-refractivity contribution in [2.24, 2.45) is 23.7 Å². The zero-order valence-corrected chi connectivity index (χ0v) is 11.9. The molecule has 4 saturated carbocycles. The van der Waals surface area contributed by atoms with Crippen LogP contribution in [0.15, 0.2) is 0 Å². The highest BCUT2D eigenvalue weighted by atomic mass is 16.4. The number of aliphatic carboxylic acids is 1. The first kappa shape index (κ1) is 12.4. The van der Waals surface area contributed by atoms with E-state index in [1.54, 1.807) is 0 Å². The number of aromatic amines is 1. The summed E-state index contributed by atoms with van der Waals surface area (Å²) in [6, 6.07) is 0. The van der Waals surface area contributed by atoms with Gasteiger partial charge in [-0.25, -0.2) is 0 Å². The van der Waals surface area contributed by atoms with Crippen molar-refractivity contribution in [2.45, 2.75) is 51.4 Å². The minimum absolute atomic E-state index is 0.112. The van der Waals surface area contributed by atoms with Crippen LogP contribution in [0.4, 0.5) is 0 Å². The molecule has 0 aliphatic heterocycles. The smallest absolute Gasteiger partial charge is 0.307 e. The lowest BCUT2D eigenvalue weighted by Gasteiger charge is -2.54. The van der Waals surface area contributed by atoms with E-state index in [0.29, 0.717) is 5.92 Å². The average Bonchev–Trinajstić information content (AvgIpc) is 2.70. The van der Waals surface area contributed by atoms with E-state index in [1.807, 2.05) is 6.92 Å². The molecule has 0 unspecified atom stereocenters. The Morgan fingerprint density at radius 1 is 1.20 bits per heavy atom. The number of nitrogens with zero attached hydrogens (tertiary/aromatic N) is 1. The van der Waals surface area contributed by atoms with Gasteiger partial charge in [0, 0.05) is 17.2 Å². The van der Waals surface area contributed by atoms with Crippen molar-refractivity contribution >= 4 is 5.97 Å². The summed E-state index contributed by atoms with van der Waals surface area (Å²) in [5, 5.41) is 16.7. The van der Waals surface area contributed by atoms with Gasteiger partial charge in [-0.1, -0.05) is 0 Å². The summed E-state index contributed by atoms with van der Waals surface area (Å²) in [7, 11) is 0. The summed E-state index contributed by atoms with van der Waals surface area (Å²) in [6.07, 6.45) is 6.93. The summed E-state index contributed by atoms with van der Waals surface area (Å²) in [5.41, 5.74) is 2.98. The number of carboxylic acids is 1. The second kappa shape index (κ2) is 4.34. The molecule has 4 bridgehead atoms. The molecule has 0 aromatic carbocycles. The lowest BCUT2D eigenvalue weighted by atomic mass is 9.51. The molecular formula is C16H22N2O2. The molecule has 108 valence electrons. The van der Waals surface area contributed by atoms with Gasteiger partial charge >= 0.3 is 5.97 Å². The Kier molecular flexibility index (Phi) is 2.69. The third-order valence-electron chi connectivity index (χ3n) is 5.98. The standard InChI is InChI=1S/C16H22N2O2/c1-8-13(7-14(19)20)16(18-17-8)15-11-3-9-2-10(5-11)6-12(15)4-9/h9-12,15H,2-7H2,1H3,(H,17,18)(H,19,20). The van der Waals surface area contributed by atoms with Gasteiger partial charge in [-0.15, -0.1) is 0 Å². The first-order chi connectivity index (χ1) is 9.61. The van der Waals surface area contributed by atoms with Gasteiger partial charge in [0.25, 0.3) is 0 Å². The fourth-order valence-corrected chi connectivity index (χ4v) is 5.49. The van der Waals surface area contributed by atoms with Crippen LogP contribution in [-0.4, -0.2) is 21.3 Å². The number of carbonyl (C=O) groups is 1. The predicted molar refractivity (Wildman–Crippen MR) is 74.5 cm³/mol. The Labute approximate surface area is 119 Å². The second-order valence-corrected chi connectivity index (χ2v) is 7.24. The van der Waals surface area contributed by atoms with Crippen LogP contribution in [0.2, 0.25) is 0 Å². The monoisotopic (exact) mass is 274 g/mol. The van der Waals surface area contributed by atoms with E-state index in [2.05, 4.69) is 10.2 Å². The van der Waals surface area contributed by atoms with E-state index in [0.717, 1.165) is 40.6 Å². The molecule has 4 heteroatoms. The molecule has 1 aromatic rings. The summed E-state index contributed by atoms with van der Waals surface area (Å²) < 4.78 is 0. The van der Waals surface area contributed by atoms with E-state index in [4.69, 9.17) is 5.11 Å². The highest BCUT2D eigenvalue weighted by Crippen LogP contribution is 2.59. The van der Waals surface area contributed by atoms with Gasteiger partial charge in [-0.3, -0.25) is 9.89 Å². The molecule has 1 aromatic heterocycles. The number of hydrogen-bond donors (Lipinski definition) is 2. The molecule has 20 heavy (non-hydrogen) atoms. The largest absolute Gasteiger partial charge is 0.481 e. The van der Waals surface area contributed by atoms with Gasteiger partial charge in [0.05, 0.1) is 12.1 Å². The van der Waals surface area contributed by atoms with Crippen LogP contribution >= 0.6 is 0 Å². The van der Waals surface area contributed by atoms with Gasteiger partial charge in [-0.05, 0) is 62.7 Å². The van der Waals surface area contributed by atoms with Crippen LogP contribution in [0.25, 0.3) is 0 Å². The average molecular weight is 274 g/mol. The zero-order valence-electron chi connectivity index (χ0n) is 11.9. The number of H-pyrrole nitrogens is 1. The fraction of sp³-hybridized carbons (Fsp3) is 0.750. The lowest BCUT2D eigenvalue weighted by Crippen LogP contribution is -2.44. The summed E-state index contributed by atoms with van der Waals surface area (Å²) in [4.78, 5) is 11.1. The summed E-state index contributed by atoms with van der Waals surface area (Å²) in [6.45, 7) is 1.95. The van der Waals surface area contributed by atoms with Gasteiger partial charge < -0.3 is 5.11 Å². The Morgan fingerprint density at radius 3 is 2.35 bits per heavy atom. The number of nitrogens with one attached hydrogen (secondary N) is 1. The van der Waals surface area contributed by atoms with Crippen molar-refractivity contribution in [3.8, 4) is 0 Å². The van der Waals surface area contributed by atoms with E-state index in [9.17, 15) is 4.79 Å². The number of aromatic nitrogens is 2. The Morgan fingerprint density at radius 2 is 1.80 bits per heavy atom. The van der Waals surface area contributed by atoms with Crippen LogP contribution in [-0.2, 0) is 11.2 Å². The maximum Gasteiger partial charge on any atom is 0.307 e. The van der Waals surface area contributed by atoms with Crippen LogP contribution in [0.1, 0.15) is 55.0 Å². The molecule has 0 spiro atoms. The minimum Gasteiger partial charge on any atom is -0.481 e. The molecule has 0 amide bonds. The third kappa shape index (κ3) is 1.80. The van der Waals surface area contributed by atoms with Gasteiger partial charge in [0.1, 0.15) is 0 Å². The molecule has 5 rings (SSSR count). The van der Waals surface area contributed by atoms with Crippen LogP contribution in [0.3, 0.4) is 0 Å². The van der Waals surface area contributed by atoms with E-state index < -0.39 is 5.97 Å². The molecule has 0 saturated heterocycles. The quantitative estimate of drug-likeness (QED) is 0.890. The molecule has 4 aliphatic carbocycles. The third-order valence-corrected chi connectivity index (χ3v) is 5.98. The zero-order chi connectivity index (χ0) is 13.9. The molecule has 4 fully saturated rings. The van der Waals surface area contributed by atoms with Crippen LogP contribution in [0, 0.1) is 30.6 Å². The molecular weight excluding hydrogens is 252 g/mol. The maximum absolute atomic E-state index is 11.1. The van der Waals surface area contributed by atoms with Gasteiger partial charge in [0.15, 0.2) is 0 Å². The van der Waals surface area contributed by atoms with Crippen LogP contribution < -0.4 is 0 Å².